The smallest absolute Gasteiger partial charge is 0.228 e. The molecule has 0 aliphatic heterocycles. The maximum absolute atomic E-state index is 11.9. The van der Waals surface area contributed by atoms with Crippen molar-refractivity contribution in [2.75, 3.05) is 5.32 Å². The number of rotatable bonds is 4. The molecule has 0 fully saturated rings. The Bertz CT molecular complexity index is 585. The van der Waals surface area contributed by atoms with Crippen LogP contribution in [0.1, 0.15) is 20.3 Å². The van der Waals surface area contributed by atoms with E-state index in [1.807, 2.05) is 32.2 Å². The summed E-state index contributed by atoms with van der Waals surface area (Å²) in [6.07, 6.45) is 4.26. The third-order valence-corrected chi connectivity index (χ3v) is 2.79. The summed E-state index contributed by atoms with van der Waals surface area (Å²) >= 11 is 0. The largest absolute Gasteiger partial charge is 0.360 e. The number of aromatic nitrogens is 2. The number of allylic oxidation sites excluding steroid dienone is 1. The fraction of sp³-hybridized carbons (Fsp3) is 0.286. The highest BCUT2D eigenvalue weighted by Crippen LogP contribution is 2.16. The number of amides is 1. The number of aromatic amines is 1. The molecule has 2 rings (SSSR count). The third kappa shape index (κ3) is 2.77. The third-order valence-electron chi connectivity index (χ3n) is 2.79. The van der Waals surface area contributed by atoms with E-state index in [4.69, 9.17) is 0 Å². The first kappa shape index (κ1) is 12.4. The van der Waals surface area contributed by atoms with Crippen LogP contribution in [0, 0.1) is 5.92 Å². The van der Waals surface area contributed by atoms with E-state index < -0.39 is 0 Å². The molecule has 1 atom stereocenters. The maximum Gasteiger partial charge on any atom is 0.228 e. The van der Waals surface area contributed by atoms with Crippen LogP contribution in [0.5, 0.6) is 0 Å². The first-order chi connectivity index (χ1) is 8.56. The molecule has 1 unspecified atom stereocenters. The molecule has 0 aliphatic rings. The van der Waals surface area contributed by atoms with Crippen molar-refractivity contribution in [2.24, 2.45) is 5.92 Å². The SMILES string of the molecule is C=C(C)CC(C)C(=O)Nc1cc2cc[nH]c2cn1. The molecule has 2 heterocycles. The summed E-state index contributed by atoms with van der Waals surface area (Å²) < 4.78 is 0. The number of pyridine rings is 1. The Morgan fingerprint density at radius 1 is 1.61 bits per heavy atom. The zero-order valence-corrected chi connectivity index (χ0v) is 10.7. The van der Waals surface area contributed by atoms with Crippen LogP contribution in [0.3, 0.4) is 0 Å². The Morgan fingerprint density at radius 3 is 3.11 bits per heavy atom. The van der Waals surface area contributed by atoms with Gasteiger partial charge in [0.2, 0.25) is 5.91 Å². The Balaban J connectivity index is 2.08. The van der Waals surface area contributed by atoms with Crippen molar-refractivity contribution in [3.63, 3.8) is 0 Å². The fourth-order valence-electron chi connectivity index (χ4n) is 1.88. The van der Waals surface area contributed by atoms with Crippen LogP contribution < -0.4 is 5.32 Å². The minimum absolute atomic E-state index is 0.0274. The molecule has 18 heavy (non-hydrogen) atoms. The number of nitrogens with one attached hydrogen (secondary N) is 2. The number of H-pyrrole nitrogens is 1. The number of carbonyl (C=O) groups is 1. The van der Waals surface area contributed by atoms with E-state index in [9.17, 15) is 4.79 Å². The molecular weight excluding hydrogens is 226 g/mol. The van der Waals surface area contributed by atoms with Crippen LogP contribution in [-0.4, -0.2) is 15.9 Å². The van der Waals surface area contributed by atoms with Gasteiger partial charge in [0.25, 0.3) is 0 Å². The van der Waals surface area contributed by atoms with E-state index in [-0.39, 0.29) is 11.8 Å². The van der Waals surface area contributed by atoms with Crippen LogP contribution >= 0.6 is 0 Å². The lowest BCUT2D eigenvalue weighted by Gasteiger charge is -2.11. The fourth-order valence-corrected chi connectivity index (χ4v) is 1.88. The van der Waals surface area contributed by atoms with Crippen LogP contribution in [0.2, 0.25) is 0 Å². The lowest BCUT2D eigenvalue weighted by atomic mass is 10.0. The highest BCUT2D eigenvalue weighted by Gasteiger charge is 2.13. The second-order valence-corrected chi connectivity index (χ2v) is 4.69. The Hall–Kier alpha value is -2.10. The lowest BCUT2D eigenvalue weighted by Crippen LogP contribution is -2.21. The quantitative estimate of drug-likeness (QED) is 0.811. The van der Waals surface area contributed by atoms with Crippen molar-refractivity contribution in [1.29, 1.82) is 0 Å². The van der Waals surface area contributed by atoms with Gasteiger partial charge in [-0.2, -0.15) is 0 Å². The van der Waals surface area contributed by atoms with Crippen molar-refractivity contribution < 1.29 is 4.79 Å². The number of carbonyl (C=O) groups excluding carboxylic acids is 1. The van der Waals surface area contributed by atoms with Gasteiger partial charge in [-0.05, 0) is 25.5 Å². The number of anilines is 1. The first-order valence-corrected chi connectivity index (χ1v) is 5.94. The Labute approximate surface area is 106 Å². The van der Waals surface area contributed by atoms with E-state index in [0.717, 1.165) is 16.5 Å². The molecule has 0 saturated heterocycles. The van der Waals surface area contributed by atoms with E-state index in [1.165, 1.54) is 0 Å². The Kier molecular flexibility index (Phi) is 3.46. The number of nitrogens with zero attached hydrogens (tertiary/aromatic N) is 1. The zero-order valence-electron chi connectivity index (χ0n) is 10.7. The molecule has 2 N–H and O–H groups in total. The van der Waals surface area contributed by atoms with Gasteiger partial charge in [0, 0.05) is 17.5 Å². The van der Waals surface area contributed by atoms with Crippen LogP contribution in [0.15, 0.2) is 36.7 Å². The van der Waals surface area contributed by atoms with Gasteiger partial charge in [-0.15, -0.1) is 6.58 Å². The van der Waals surface area contributed by atoms with Gasteiger partial charge in [0.1, 0.15) is 5.82 Å². The molecule has 0 saturated carbocycles. The van der Waals surface area contributed by atoms with Crippen molar-refractivity contribution >= 4 is 22.6 Å². The maximum atomic E-state index is 11.9. The number of hydrogen-bond donors (Lipinski definition) is 2. The molecule has 1 amide bonds. The molecule has 4 heteroatoms. The number of fused-ring (bicyclic) bond motifs is 1. The molecule has 4 nitrogen and oxygen atoms in total. The van der Waals surface area contributed by atoms with E-state index in [0.29, 0.717) is 12.2 Å². The normalized spacial score (nSPS) is 12.3. The molecule has 0 radical (unpaired) electrons. The zero-order chi connectivity index (χ0) is 13.1. The lowest BCUT2D eigenvalue weighted by molar-refractivity contribution is -0.119. The molecule has 2 aromatic rings. The van der Waals surface area contributed by atoms with Gasteiger partial charge < -0.3 is 10.3 Å². The van der Waals surface area contributed by atoms with Crippen molar-refractivity contribution in [3.8, 4) is 0 Å². The average Bonchev–Trinajstić information content (AvgIpc) is 2.75. The van der Waals surface area contributed by atoms with Gasteiger partial charge in [-0.1, -0.05) is 12.5 Å². The second-order valence-electron chi connectivity index (χ2n) is 4.69. The molecule has 0 bridgehead atoms. The molecule has 0 aliphatic carbocycles. The van der Waals surface area contributed by atoms with Gasteiger partial charge in [-0.3, -0.25) is 4.79 Å². The number of hydrogen-bond acceptors (Lipinski definition) is 2. The van der Waals surface area contributed by atoms with Gasteiger partial charge >= 0.3 is 0 Å². The summed E-state index contributed by atoms with van der Waals surface area (Å²) in [5, 5.41) is 3.86. The molecule has 0 spiro atoms. The predicted octanol–water partition coefficient (Wildman–Crippen LogP) is 3.10. The molecule has 0 aromatic carbocycles. The van der Waals surface area contributed by atoms with Crippen LogP contribution in [-0.2, 0) is 4.79 Å². The second kappa shape index (κ2) is 5.04. The summed E-state index contributed by atoms with van der Waals surface area (Å²) in [5.41, 5.74) is 1.97. The van der Waals surface area contributed by atoms with E-state index in [2.05, 4.69) is 21.9 Å². The van der Waals surface area contributed by atoms with Crippen LogP contribution in [0.4, 0.5) is 5.82 Å². The van der Waals surface area contributed by atoms with Gasteiger partial charge in [-0.25, -0.2) is 4.98 Å². The van der Waals surface area contributed by atoms with Gasteiger partial charge in [0.05, 0.1) is 11.7 Å². The van der Waals surface area contributed by atoms with E-state index >= 15 is 0 Å². The van der Waals surface area contributed by atoms with Crippen molar-refractivity contribution in [2.45, 2.75) is 20.3 Å². The minimum atomic E-state index is -0.0915. The molecule has 2 aromatic heterocycles. The molecular formula is C14H17N3O. The van der Waals surface area contributed by atoms with Crippen molar-refractivity contribution in [1.82, 2.24) is 9.97 Å². The highest BCUT2D eigenvalue weighted by atomic mass is 16.1. The topological polar surface area (TPSA) is 57.8 Å². The summed E-state index contributed by atoms with van der Waals surface area (Å²) in [6.45, 7) is 7.63. The summed E-state index contributed by atoms with van der Waals surface area (Å²) in [4.78, 5) is 19.2. The van der Waals surface area contributed by atoms with E-state index in [1.54, 1.807) is 6.20 Å². The van der Waals surface area contributed by atoms with Gasteiger partial charge in [0.15, 0.2) is 0 Å². The summed E-state index contributed by atoms with van der Waals surface area (Å²) in [6, 6.07) is 3.81. The Morgan fingerprint density at radius 2 is 2.39 bits per heavy atom. The average molecular weight is 243 g/mol. The van der Waals surface area contributed by atoms with Crippen LogP contribution in [0.25, 0.3) is 10.9 Å². The summed E-state index contributed by atoms with van der Waals surface area (Å²) in [5.74, 6) is 0.465. The standard InChI is InChI=1S/C14H17N3O/c1-9(2)6-10(3)14(18)17-13-7-11-4-5-15-12(11)8-16-13/h4-5,7-8,10,15H,1,6H2,2-3H3,(H,16,17,18). The highest BCUT2D eigenvalue weighted by molar-refractivity contribution is 5.93. The monoisotopic (exact) mass is 243 g/mol. The molecule has 94 valence electrons. The first-order valence-electron chi connectivity index (χ1n) is 5.94. The minimum Gasteiger partial charge on any atom is -0.360 e. The predicted molar refractivity (Wildman–Crippen MR) is 73.3 cm³/mol. The van der Waals surface area contributed by atoms with Crippen molar-refractivity contribution in [3.05, 3.63) is 36.7 Å². The summed E-state index contributed by atoms with van der Waals surface area (Å²) in [7, 11) is 0.